The van der Waals surface area contributed by atoms with Crippen LogP contribution in [-0.2, 0) is 3.74 Å². The summed E-state index contributed by atoms with van der Waals surface area (Å²) < 4.78 is 12.9. The molecule has 1 atom stereocenters. The van der Waals surface area contributed by atoms with Crippen molar-refractivity contribution in [1.82, 2.24) is 0 Å². The molecule has 0 aliphatic carbocycles. The van der Waals surface area contributed by atoms with Crippen LogP contribution in [0.4, 0.5) is 0 Å². The van der Waals surface area contributed by atoms with E-state index in [9.17, 15) is 3.74 Å². The molecule has 0 aliphatic rings. The minimum absolute atomic E-state index is 0.808. The molecule has 0 saturated heterocycles. The molecule has 0 amide bonds. The first kappa shape index (κ1) is 8.67. The maximum absolute atomic E-state index is 11.8. The molecule has 0 fully saturated rings. The van der Waals surface area contributed by atoms with Gasteiger partial charge in [0.2, 0.25) is 0 Å². The van der Waals surface area contributed by atoms with Gasteiger partial charge >= 0.3 is 69.8 Å². The molecule has 0 spiro atoms. The monoisotopic (exact) mass is 212 g/mol. The van der Waals surface area contributed by atoms with E-state index in [0.717, 1.165) is 9.56 Å². The van der Waals surface area contributed by atoms with E-state index < -0.39 is 13.5 Å². The quantitative estimate of drug-likeness (QED) is 0.684. The first-order chi connectivity index (χ1) is 5.17. The fourth-order valence-electron chi connectivity index (χ4n) is 0.926. The molecule has 0 aromatic heterocycles. The number of hydrogen-bond acceptors (Lipinski definition) is 1. The zero-order valence-electron chi connectivity index (χ0n) is 6.95. The third kappa shape index (κ3) is 2.00. The normalized spacial score (nSPS) is 15.8. The van der Waals surface area contributed by atoms with Crippen LogP contribution in [0.1, 0.15) is 6.92 Å². The summed E-state index contributed by atoms with van der Waals surface area (Å²) in [5, 5.41) is 0.808. The Morgan fingerprint density at radius 3 is 2.27 bits per heavy atom. The van der Waals surface area contributed by atoms with Crippen molar-refractivity contribution in [3.8, 4) is 0 Å². The number of rotatable bonds is 2. The molecule has 0 saturated carbocycles. The molecular weight excluding hydrogens is 199 g/mol. The fourth-order valence-corrected chi connectivity index (χ4v) is 3.38. The molecule has 0 bridgehead atoms. The molecule has 1 unspecified atom stereocenters. The third-order valence-corrected chi connectivity index (χ3v) is 7.36. The van der Waals surface area contributed by atoms with Crippen LogP contribution in [0.3, 0.4) is 0 Å². The van der Waals surface area contributed by atoms with Crippen LogP contribution in [0.15, 0.2) is 30.3 Å². The van der Waals surface area contributed by atoms with E-state index in [-0.39, 0.29) is 0 Å². The van der Waals surface area contributed by atoms with Gasteiger partial charge in [-0.25, -0.2) is 0 Å². The first-order valence-electron chi connectivity index (χ1n) is 3.79. The summed E-state index contributed by atoms with van der Waals surface area (Å²) in [5.41, 5.74) is 1.90. The second-order valence-electron chi connectivity index (χ2n) is 2.75. The van der Waals surface area contributed by atoms with Crippen LogP contribution in [0.5, 0.6) is 0 Å². The summed E-state index contributed by atoms with van der Waals surface area (Å²) in [5.74, 6) is 0. The van der Waals surface area contributed by atoms with E-state index >= 15 is 0 Å². The molecule has 0 radical (unpaired) electrons. The minimum atomic E-state index is -2.63. The van der Waals surface area contributed by atoms with Crippen molar-refractivity contribution in [1.29, 1.82) is 0 Å². The Morgan fingerprint density at radius 1 is 1.27 bits per heavy atom. The van der Waals surface area contributed by atoms with Crippen molar-refractivity contribution in [2.75, 3.05) is 0 Å². The number of hydrogen-bond donors (Lipinski definition) is 0. The molecule has 1 aromatic rings. The van der Waals surface area contributed by atoms with E-state index in [1.165, 1.54) is 0 Å². The molecule has 0 N–H and O–H groups in total. The Kier molecular flexibility index (Phi) is 2.61. The van der Waals surface area contributed by atoms with Gasteiger partial charge in [0.1, 0.15) is 0 Å². The topological polar surface area (TPSA) is 17.1 Å². The van der Waals surface area contributed by atoms with Gasteiger partial charge in [0.05, 0.1) is 0 Å². The summed E-state index contributed by atoms with van der Waals surface area (Å²) >= 11 is -2.63. The SMILES string of the molecule is CC[As](C)(=O)c1ccccc1. The summed E-state index contributed by atoms with van der Waals surface area (Å²) in [6, 6.07) is 9.77. The van der Waals surface area contributed by atoms with Gasteiger partial charge in [0.25, 0.3) is 0 Å². The van der Waals surface area contributed by atoms with Crippen molar-refractivity contribution in [2.24, 2.45) is 0 Å². The van der Waals surface area contributed by atoms with Gasteiger partial charge in [-0.1, -0.05) is 0 Å². The number of benzene rings is 1. The van der Waals surface area contributed by atoms with Crippen LogP contribution < -0.4 is 4.35 Å². The molecule has 0 aliphatic heterocycles. The van der Waals surface area contributed by atoms with Gasteiger partial charge in [0.15, 0.2) is 0 Å². The Balaban J connectivity index is 3.03. The van der Waals surface area contributed by atoms with E-state index in [2.05, 4.69) is 0 Å². The van der Waals surface area contributed by atoms with Crippen LogP contribution >= 0.6 is 0 Å². The Hall–Kier alpha value is -0.422. The predicted octanol–water partition coefficient (Wildman–Crippen LogP) is 1.92. The Morgan fingerprint density at radius 2 is 1.82 bits per heavy atom. The van der Waals surface area contributed by atoms with Gasteiger partial charge in [-0.3, -0.25) is 0 Å². The average molecular weight is 212 g/mol. The average Bonchev–Trinajstić information content (AvgIpc) is 2.06. The van der Waals surface area contributed by atoms with Gasteiger partial charge in [-0.05, 0) is 0 Å². The summed E-state index contributed by atoms with van der Waals surface area (Å²) in [6.07, 6.45) is 0. The molecule has 1 nitrogen and oxygen atoms in total. The van der Waals surface area contributed by atoms with E-state index in [0.29, 0.717) is 0 Å². The van der Waals surface area contributed by atoms with Crippen LogP contribution in [0.2, 0.25) is 10.9 Å². The van der Waals surface area contributed by atoms with Crippen LogP contribution in [-0.4, -0.2) is 13.5 Å². The Bertz CT molecular complexity index is 266. The third-order valence-electron chi connectivity index (χ3n) is 1.91. The predicted molar refractivity (Wildman–Crippen MR) is 48.9 cm³/mol. The zero-order valence-corrected chi connectivity index (χ0v) is 8.83. The van der Waals surface area contributed by atoms with Crippen molar-refractivity contribution in [2.45, 2.75) is 17.8 Å². The van der Waals surface area contributed by atoms with Crippen LogP contribution in [0.25, 0.3) is 0 Å². The second-order valence-corrected chi connectivity index (χ2v) is 9.78. The van der Waals surface area contributed by atoms with Crippen molar-refractivity contribution >= 4 is 17.8 Å². The molecule has 2 heteroatoms. The van der Waals surface area contributed by atoms with Gasteiger partial charge in [-0.15, -0.1) is 0 Å². The van der Waals surface area contributed by atoms with E-state index in [4.69, 9.17) is 0 Å². The zero-order chi connectivity index (χ0) is 8.32. The maximum atomic E-state index is 11.8. The van der Waals surface area contributed by atoms with Crippen molar-refractivity contribution in [3.63, 3.8) is 0 Å². The first-order valence-corrected chi connectivity index (χ1v) is 8.70. The van der Waals surface area contributed by atoms with E-state index in [1.807, 2.05) is 43.0 Å². The summed E-state index contributed by atoms with van der Waals surface area (Å²) in [6.45, 7) is 1.99. The fraction of sp³-hybridized carbons (Fsp3) is 0.333. The molecular formula is C9H13AsO. The second kappa shape index (κ2) is 3.32. The Labute approximate surface area is 70.1 Å². The molecule has 1 aromatic carbocycles. The molecule has 60 valence electrons. The van der Waals surface area contributed by atoms with E-state index in [1.54, 1.807) is 0 Å². The van der Waals surface area contributed by atoms with Crippen LogP contribution in [0, 0.1) is 0 Å². The van der Waals surface area contributed by atoms with Crippen molar-refractivity contribution < 1.29 is 3.74 Å². The standard InChI is InChI=1S/C9H13AsO/c1-3-10(2,11)9-7-5-4-6-8-9/h4-8H,3H2,1-2H3. The van der Waals surface area contributed by atoms with Gasteiger partial charge < -0.3 is 0 Å². The van der Waals surface area contributed by atoms with Gasteiger partial charge in [0, 0.05) is 0 Å². The summed E-state index contributed by atoms with van der Waals surface area (Å²) in [4.78, 5) is 0. The molecule has 1 rings (SSSR count). The molecule has 11 heavy (non-hydrogen) atoms. The van der Waals surface area contributed by atoms with Gasteiger partial charge in [-0.2, -0.15) is 0 Å². The van der Waals surface area contributed by atoms with Crippen molar-refractivity contribution in [3.05, 3.63) is 30.3 Å². The summed E-state index contributed by atoms with van der Waals surface area (Å²) in [7, 11) is 0. The molecule has 0 heterocycles.